The Morgan fingerprint density at radius 2 is 1.54 bits per heavy atom. The Bertz CT molecular complexity index is 1180. The van der Waals surface area contributed by atoms with Gasteiger partial charge in [0.25, 0.3) is 0 Å². The van der Waals surface area contributed by atoms with Gasteiger partial charge < -0.3 is 0 Å². The minimum Gasteiger partial charge on any atom is -0.198 e. The fourth-order valence-corrected chi connectivity index (χ4v) is 4.99. The molecule has 0 amide bonds. The van der Waals surface area contributed by atoms with E-state index in [-0.39, 0.29) is 0 Å². The quantitative estimate of drug-likeness (QED) is 0.261. The molecule has 0 radical (unpaired) electrons. The van der Waals surface area contributed by atoms with Crippen molar-refractivity contribution in [2.24, 2.45) is 0 Å². The fraction of sp³-hybridized carbons (Fsp3) is 0.160. The topological polar surface area (TPSA) is 3.88 Å². The van der Waals surface area contributed by atoms with E-state index >= 15 is 0 Å². The monoisotopic (exact) mass is 492 g/mol. The SMILES string of the molecule is Cc1cc2c3c(c1)c(-c1ccc(Br)cc1)cc[n+]3CCC2c1ccc(Br)cc1. The Labute approximate surface area is 182 Å². The van der Waals surface area contributed by atoms with Crippen molar-refractivity contribution in [1.82, 2.24) is 0 Å². The van der Waals surface area contributed by atoms with Crippen LogP contribution in [-0.2, 0) is 6.54 Å². The summed E-state index contributed by atoms with van der Waals surface area (Å²) in [4.78, 5) is 0. The summed E-state index contributed by atoms with van der Waals surface area (Å²) in [5, 5.41) is 1.35. The van der Waals surface area contributed by atoms with E-state index in [2.05, 4.69) is 116 Å². The van der Waals surface area contributed by atoms with Crippen molar-refractivity contribution in [3.05, 3.63) is 98.6 Å². The van der Waals surface area contributed by atoms with Crippen LogP contribution in [-0.4, -0.2) is 0 Å². The van der Waals surface area contributed by atoms with Crippen LogP contribution >= 0.6 is 31.9 Å². The lowest BCUT2D eigenvalue weighted by atomic mass is 9.83. The van der Waals surface area contributed by atoms with Gasteiger partial charge in [-0.15, -0.1) is 0 Å². The molecule has 0 fully saturated rings. The first kappa shape index (κ1) is 18.1. The van der Waals surface area contributed by atoms with Crippen LogP contribution in [0.25, 0.3) is 22.0 Å². The molecular formula is C25H20Br2N+. The smallest absolute Gasteiger partial charge is 0.198 e. The molecule has 0 aliphatic carbocycles. The minimum absolute atomic E-state index is 0.440. The average Bonchev–Trinajstić information content (AvgIpc) is 2.70. The number of pyridine rings is 1. The highest BCUT2D eigenvalue weighted by atomic mass is 79.9. The van der Waals surface area contributed by atoms with Crippen molar-refractivity contribution in [2.75, 3.05) is 0 Å². The molecule has 1 nitrogen and oxygen atoms in total. The van der Waals surface area contributed by atoms with Gasteiger partial charge in [0, 0.05) is 38.5 Å². The van der Waals surface area contributed by atoms with E-state index in [1.54, 1.807) is 0 Å². The molecule has 3 heteroatoms. The molecule has 0 bridgehead atoms. The summed E-state index contributed by atoms with van der Waals surface area (Å²) in [6, 6.07) is 24.5. The van der Waals surface area contributed by atoms with E-state index in [0.717, 1.165) is 21.9 Å². The second-order valence-corrected chi connectivity index (χ2v) is 9.40. The number of hydrogen-bond donors (Lipinski definition) is 0. The van der Waals surface area contributed by atoms with Crippen LogP contribution in [0.5, 0.6) is 0 Å². The van der Waals surface area contributed by atoms with Crippen LogP contribution in [0.2, 0.25) is 0 Å². The maximum atomic E-state index is 3.57. The molecule has 0 N–H and O–H groups in total. The third kappa shape index (κ3) is 3.11. The van der Waals surface area contributed by atoms with Gasteiger partial charge in [-0.25, -0.2) is 0 Å². The van der Waals surface area contributed by atoms with Gasteiger partial charge in [0.15, 0.2) is 6.20 Å². The van der Waals surface area contributed by atoms with Crippen LogP contribution in [0.3, 0.4) is 0 Å². The molecule has 28 heavy (non-hydrogen) atoms. The third-order valence-corrected chi connectivity index (χ3v) is 6.80. The highest BCUT2D eigenvalue weighted by molar-refractivity contribution is 9.10. The predicted molar refractivity (Wildman–Crippen MR) is 123 cm³/mol. The zero-order chi connectivity index (χ0) is 19.3. The normalized spacial score (nSPS) is 15.8. The zero-order valence-electron chi connectivity index (χ0n) is 15.6. The van der Waals surface area contributed by atoms with Crippen molar-refractivity contribution in [1.29, 1.82) is 0 Å². The molecule has 5 rings (SSSR count). The number of aromatic nitrogens is 1. The van der Waals surface area contributed by atoms with Crippen molar-refractivity contribution in [2.45, 2.75) is 25.8 Å². The maximum Gasteiger partial charge on any atom is 0.216 e. The molecule has 4 aromatic rings. The molecule has 1 unspecified atom stereocenters. The van der Waals surface area contributed by atoms with Crippen molar-refractivity contribution in [3.8, 4) is 11.1 Å². The first-order valence-corrected chi connectivity index (χ1v) is 11.2. The molecule has 1 atom stereocenters. The molecule has 0 saturated carbocycles. The van der Waals surface area contributed by atoms with E-state index in [0.29, 0.717) is 5.92 Å². The first-order valence-electron chi connectivity index (χ1n) is 9.58. The highest BCUT2D eigenvalue weighted by Crippen LogP contribution is 2.39. The molecule has 1 aliphatic heterocycles. The lowest BCUT2D eigenvalue weighted by molar-refractivity contribution is -0.674. The molecule has 1 aliphatic rings. The minimum atomic E-state index is 0.440. The Morgan fingerprint density at radius 1 is 0.857 bits per heavy atom. The standard InChI is InChI=1S/C25H20Br2N/c1-16-14-23-21(17-2-6-19(26)7-3-17)10-12-28-13-11-22(24(15-16)25(23)28)18-4-8-20(27)9-5-18/h2-10,12,14-15,22H,11,13H2,1H3/q+1. The molecular weight excluding hydrogens is 474 g/mol. The Kier molecular flexibility index (Phi) is 4.60. The predicted octanol–water partition coefficient (Wildman–Crippen LogP) is 7.16. The van der Waals surface area contributed by atoms with Gasteiger partial charge in [-0.05, 0) is 60.0 Å². The highest BCUT2D eigenvalue weighted by Gasteiger charge is 2.30. The molecule has 0 spiro atoms. The van der Waals surface area contributed by atoms with E-state index in [9.17, 15) is 0 Å². The van der Waals surface area contributed by atoms with Gasteiger partial charge >= 0.3 is 0 Å². The van der Waals surface area contributed by atoms with E-state index in [4.69, 9.17) is 0 Å². The lowest BCUT2D eigenvalue weighted by Crippen LogP contribution is -2.39. The number of halogens is 2. The van der Waals surface area contributed by atoms with Gasteiger partial charge in [0.05, 0.1) is 5.39 Å². The van der Waals surface area contributed by atoms with Crippen molar-refractivity contribution in [3.63, 3.8) is 0 Å². The van der Waals surface area contributed by atoms with E-state index in [1.165, 1.54) is 38.7 Å². The summed E-state index contributed by atoms with van der Waals surface area (Å²) in [5.41, 5.74) is 8.11. The summed E-state index contributed by atoms with van der Waals surface area (Å²) < 4.78 is 4.68. The van der Waals surface area contributed by atoms with Crippen LogP contribution < -0.4 is 4.57 Å². The van der Waals surface area contributed by atoms with Crippen molar-refractivity contribution < 1.29 is 4.57 Å². The van der Waals surface area contributed by atoms with Gasteiger partial charge in [0.2, 0.25) is 5.52 Å². The van der Waals surface area contributed by atoms with Crippen molar-refractivity contribution >= 4 is 42.8 Å². The third-order valence-electron chi connectivity index (χ3n) is 5.74. The van der Waals surface area contributed by atoms with Crippen LogP contribution in [0.4, 0.5) is 0 Å². The number of nitrogens with zero attached hydrogens (tertiary/aromatic N) is 1. The molecule has 3 aromatic carbocycles. The van der Waals surface area contributed by atoms with E-state index in [1.807, 2.05) is 0 Å². The van der Waals surface area contributed by atoms with Crippen LogP contribution in [0.1, 0.15) is 29.0 Å². The summed E-state index contributed by atoms with van der Waals surface area (Å²) in [6.07, 6.45) is 3.39. The Hall–Kier alpha value is -1.97. The number of rotatable bonds is 2. The lowest BCUT2D eigenvalue weighted by Gasteiger charge is -2.23. The molecule has 2 heterocycles. The van der Waals surface area contributed by atoms with Crippen LogP contribution in [0.15, 0.2) is 81.9 Å². The number of aryl methyl sites for hydroxylation is 2. The van der Waals surface area contributed by atoms with Gasteiger partial charge in [-0.2, -0.15) is 4.57 Å². The van der Waals surface area contributed by atoms with Gasteiger partial charge in [-0.1, -0.05) is 56.1 Å². The Morgan fingerprint density at radius 3 is 2.25 bits per heavy atom. The average molecular weight is 494 g/mol. The second-order valence-electron chi connectivity index (χ2n) is 7.57. The molecule has 138 valence electrons. The summed E-state index contributed by atoms with van der Waals surface area (Å²) in [7, 11) is 0. The summed E-state index contributed by atoms with van der Waals surface area (Å²) in [5.74, 6) is 0.440. The second kappa shape index (κ2) is 7.13. The van der Waals surface area contributed by atoms with Gasteiger partial charge in [-0.3, -0.25) is 0 Å². The largest absolute Gasteiger partial charge is 0.216 e. The summed E-state index contributed by atoms with van der Waals surface area (Å²) >= 11 is 7.12. The molecule has 0 saturated heterocycles. The van der Waals surface area contributed by atoms with Gasteiger partial charge in [0.1, 0.15) is 6.54 Å². The van der Waals surface area contributed by atoms with E-state index < -0.39 is 0 Å². The number of benzene rings is 3. The van der Waals surface area contributed by atoms with Crippen LogP contribution in [0, 0.1) is 6.92 Å². The molecule has 1 aromatic heterocycles. The first-order chi connectivity index (χ1) is 13.6. The summed E-state index contributed by atoms with van der Waals surface area (Å²) in [6.45, 7) is 3.26. The number of hydrogen-bond acceptors (Lipinski definition) is 0. The Balaban J connectivity index is 1.75. The zero-order valence-corrected chi connectivity index (χ0v) is 18.8. The fourth-order valence-electron chi connectivity index (χ4n) is 4.46. The maximum absolute atomic E-state index is 3.57.